The van der Waals surface area contributed by atoms with Gasteiger partial charge in [0.15, 0.2) is 5.82 Å². The summed E-state index contributed by atoms with van der Waals surface area (Å²) in [6.45, 7) is 0. The van der Waals surface area contributed by atoms with Gasteiger partial charge in [0.2, 0.25) is 0 Å². The van der Waals surface area contributed by atoms with E-state index in [4.69, 9.17) is 0 Å². The van der Waals surface area contributed by atoms with E-state index in [2.05, 4.69) is 20.8 Å². The highest BCUT2D eigenvalue weighted by atomic mass is 32.1. The van der Waals surface area contributed by atoms with E-state index in [0.29, 0.717) is 16.7 Å². The first kappa shape index (κ1) is 15.0. The Labute approximate surface area is 134 Å². The van der Waals surface area contributed by atoms with Gasteiger partial charge in [0.1, 0.15) is 5.82 Å². The van der Waals surface area contributed by atoms with Gasteiger partial charge in [0, 0.05) is 6.04 Å². The molecule has 3 rings (SSSR count). The van der Waals surface area contributed by atoms with Crippen LogP contribution in [0.2, 0.25) is 0 Å². The van der Waals surface area contributed by atoms with E-state index < -0.39 is 0 Å². The molecular weight excluding hydrogens is 296 g/mol. The molecule has 0 aliphatic heterocycles. The van der Waals surface area contributed by atoms with Gasteiger partial charge in [0.25, 0.3) is 5.91 Å². The van der Waals surface area contributed by atoms with Gasteiger partial charge in [0.05, 0.1) is 4.88 Å². The number of hydrogen-bond donors (Lipinski definition) is 2. The van der Waals surface area contributed by atoms with Crippen molar-refractivity contribution in [3.8, 4) is 0 Å². The third kappa shape index (κ3) is 4.04. The Kier molecular flexibility index (Phi) is 5.00. The van der Waals surface area contributed by atoms with Gasteiger partial charge in [-0.25, -0.2) is 0 Å². The molecule has 1 fully saturated rings. The quantitative estimate of drug-likeness (QED) is 0.839. The summed E-state index contributed by atoms with van der Waals surface area (Å²) in [6, 6.07) is 7.79. The smallest absolute Gasteiger partial charge is 0.266 e. The largest absolute Gasteiger partial charge is 0.366 e. The number of carbonyl (C=O) groups excluding carboxylic acids is 1. The Morgan fingerprint density at radius 1 is 1.05 bits per heavy atom. The third-order valence-corrected chi connectivity index (χ3v) is 4.73. The number of carbonyl (C=O) groups is 1. The van der Waals surface area contributed by atoms with E-state index in [1.807, 2.05) is 17.5 Å². The van der Waals surface area contributed by atoms with Crippen LogP contribution in [0.5, 0.6) is 0 Å². The minimum Gasteiger partial charge on any atom is -0.366 e. The standard InChI is InChI=1S/C16H20N4OS/c21-16(13-8-5-11-22-13)18-15-10-9-14(19-20-15)17-12-6-3-1-2-4-7-12/h5,8-12H,1-4,6-7H2,(H,17,19)(H,18,20,21). The van der Waals surface area contributed by atoms with Crippen LogP contribution in [-0.2, 0) is 0 Å². The van der Waals surface area contributed by atoms with Gasteiger partial charge < -0.3 is 10.6 Å². The van der Waals surface area contributed by atoms with Crippen LogP contribution in [0, 0.1) is 0 Å². The number of nitrogens with one attached hydrogen (secondary N) is 2. The molecule has 116 valence electrons. The molecule has 2 aromatic heterocycles. The molecule has 5 nitrogen and oxygen atoms in total. The van der Waals surface area contributed by atoms with Gasteiger partial charge in [-0.15, -0.1) is 21.5 Å². The van der Waals surface area contributed by atoms with E-state index in [1.54, 1.807) is 12.1 Å². The lowest BCUT2D eigenvalue weighted by molar-refractivity contribution is 0.103. The van der Waals surface area contributed by atoms with Crippen LogP contribution in [0.3, 0.4) is 0 Å². The zero-order chi connectivity index (χ0) is 15.2. The number of amides is 1. The summed E-state index contributed by atoms with van der Waals surface area (Å²) in [6.07, 6.45) is 7.60. The van der Waals surface area contributed by atoms with E-state index in [1.165, 1.54) is 49.9 Å². The monoisotopic (exact) mass is 316 g/mol. The maximum atomic E-state index is 11.9. The number of hydrogen-bond acceptors (Lipinski definition) is 5. The Balaban J connectivity index is 1.56. The number of anilines is 2. The van der Waals surface area contributed by atoms with Gasteiger partial charge in [-0.2, -0.15) is 0 Å². The Hall–Kier alpha value is -1.95. The fraction of sp³-hybridized carbons (Fsp3) is 0.438. The van der Waals surface area contributed by atoms with Crippen molar-refractivity contribution in [2.45, 2.75) is 44.6 Å². The van der Waals surface area contributed by atoms with Crippen LogP contribution in [0.4, 0.5) is 11.6 Å². The summed E-state index contributed by atoms with van der Waals surface area (Å²) in [5.41, 5.74) is 0. The number of aromatic nitrogens is 2. The highest BCUT2D eigenvalue weighted by Gasteiger charge is 2.13. The summed E-state index contributed by atoms with van der Waals surface area (Å²) in [4.78, 5) is 12.6. The van der Waals surface area contributed by atoms with Crippen LogP contribution in [-0.4, -0.2) is 22.1 Å². The van der Waals surface area contributed by atoms with E-state index in [9.17, 15) is 4.79 Å². The molecule has 0 aromatic carbocycles. The lowest BCUT2D eigenvalue weighted by Crippen LogP contribution is -2.19. The van der Waals surface area contributed by atoms with Crippen molar-refractivity contribution in [3.63, 3.8) is 0 Å². The Morgan fingerprint density at radius 2 is 1.77 bits per heavy atom. The lowest BCUT2D eigenvalue weighted by Gasteiger charge is -2.16. The van der Waals surface area contributed by atoms with E-state index in [0.717, 1.165) is 5.82 Å². The first-order valence-corrected chi connectivity index (χ1v) is 8.64. The summed E-state index contributed by atoms with van der Waals surface area (Å²) < 4.78 is 0. The Bertz CT molecular complexity index is 589. The molecule has 0 atom stereocenters. The molecule has 2 heterocycles. The van der Waals surface area contributed by atoms with Crippen LogP contribution < -0.4 is 10.6 Å². The van der Waals surface area contributed by atoms with Gasteiger partial charge in [-0.1, -0.05) is 31.7 Å². The first-order chi connectivity index (χ1) is 10.8. The lowest BCUT2D eigenvalue weighted by atomic mass is 10.1. The summed E-state index contributed by atoms with van der Waals surface area (Å²) in [7, 11) is 0. The highest BCUT2D eigenvalue weighted by Crippen LogP contribution is 2.20. The van der Waals surface area contributed by atoms with Gasteiger partial charge >= 0.3 is 0 Å². The van der Waals surface area contributed by atoms with Crippen molar-refractivity contribution < 1.29 is 4.79 Å². The third-order valence-electron chi connectivity index (χ3n) is 3.86. The molecule has 2 aromatic rings. The zero-order valence-corrected chi connectivity index (χ0v) is 13.2. The number of nitrogens with zero attached hydrogens (tertiary/aromatic N) is 2. The summed E-state index contributed by atoms with van der Waals surface area (Å²) in [5, 5.41) is 16.3. The molecule has 1 aliphatic carbocycles. The maximum absolute atomic E-state index is 11.9. The van der Waals surface area contributed by atoms with Crippen molar-refractivity contribution in [1.82, 2.24) is 10.2 Å². The van der Waals surface area contributed by atoms with E-state index in [-0.39, 0.29) is 5.91 Å². The van der Waals surface area contributed by atoms with Crippen molar-refractivity contribution in [2.75, 3.05) is 10.6 Å². The van der Waals surface area contributed by atoms with Crippen molar-refractivity contribution >= 4 is 28.9 Å². The molecule has 1 amide bonds. The molecule has 0 bridgehead atoms. The molecule has 2 N–H and O–H groups in total. The predicted octanol–water partition coefficient (Wildman–Crippen LogP) is 3.93. The summed E-state index contributed by atoms with van der Waals surface area (Å²) in [5.74, 6) is 1.11. The second kappa shape index (κ2) is 7.35. The van der Waals surface area contributed by atoms with Crippen molar-refractivity contribution in [3.05, 3.63) is 34.5 Å². The number of rotatable bonds is 4. The molecule has 0 unspecified atom stereocenters. The van der Waals surface area contributed by atoms with Crippen LogP contribution in [0.1, 0.15) is 48.2 Å². The molecule has 22 heavy (non-hydrogen) atoms. The first-order valence-electron chi connectivity index (χ1n) is 7.76. The highest BCUT2D eigenvalue weighted by molar-refractivity contribution is 7.12. The number of thiophene rings is 1. The normalized spacial score (nSPS) is 16.0. The molecule has 6 heteroatoms. The minimum atomic E-state index is -0.145. The molecule has 0 spiro atoms. The van der Waals surface area contributed by atoms with Crippen LogP contribution >= 0.6 is 11.3 Å². The SMILES string of the molecule is O=C(Nc1ccc(NC2CCCCCC2)nn1)c1cccs1. The maximum Gasteiger partial charge on any atom is 0.266 e. The average molecular weight is 316 g/mol. The topological polar surface area (TPSA) is 66.9 Å². The molecule has 0 radical (unpaired) electrons. The Morgan fingerprint density at radius 3 is 2.41 bits per heavy atom. The van der Waals surface area contributed by atoms with Gasteiger partial charge in [-0.05, 0) is 36.4 Å². The van der Waals surface area contributed by atoms with E-state index >= 15 is 0 Å². The fourth-order valence-electron chi connectivity index (χ4n) is 2.69. The molecular formula is C16H20N4OS. The minimum absolute atomic E-state index is 0.145. The van der Waals surface area contributed by atoms with Crippen LogP contribution in [0.25, 0.3) is 0 Å². The average Bonchev–Trinajstić information content (AvgIpc) is 2.95. The molecule has 0 saturated heterocycles. The van der Waals surface area contributed by atoms with Crippen molar-refractivity contribution in [2.24, 2.45) is 0 Å². The van der Waals surface area contributed by atoms with Crippen molar-refractivity contribution in [1.29, 1.82) is 0 Å². The van der Waals surface area contributed by atoms with Gasteiger partial charge in [-0.3, -0.25) is 4.79 Å². The molecule has 1 aliphatic rings. The molecule has 1 saturated carbocycles. The predicted molar refractivity (Wildman–Crippen MR) is 89.4 cm³/mol. The van der Waals surface area contributed by atoms with Crippen LogP contribution in [0.15, 0.2) is 29.6 Å². The second-order valence-electron chi connectivity index (χ2n) is 5.57. The zero-order valence-electron chi connectivity index (χ0n) is 12.4. The summed E-state index contributed by atoms with van der Waals surface area (Å²) >= 11 is 1.41. The second-order valence-corrected chi connectivity index (χ2v) is 6.52. The fourth-order valence-corrected chi connectivity index (χ4v) is 3.31.